The number of hydrogen-bond donors (Lipinski definition) is 0. The Morgan fingerprint density at radius 3 is 2.44 bits per heavy atom. The molecule has 0 fully saturated rings. The van der Waals surface area contributed by atoms with Gasteiger partial charge in [0.05, 0.1) is 5.69 Å². The predicted molar refractivity (Wildman–Crippen MR) is 105 cm³/mol. The van der Waals surface area contributed by atoms with Gasteiger partial charge in [0.2, 0.25) is 0 Å². The van der Waals surface area contributed by atoms with Crippen LogP contribution in [0.1, 0.15) is 22.4 Å². The van der Waals surface area contributed by atoms with E-state index in [0.29, 0.717) is 6.61 Å². The van der Waals surface area contributed by atoms with Gasteiger partial charge >= 0.3 is 5.97 Å². The summed E-state index contributed by atoms with van der Waals surface area (Å²) in [5.74, 6) is 0.376. The SMILES string of the molecule is Cc1ccc(/C=C/C(=O)OCc2ccc(OCc3ccccn3)cc2)cc1. The smallest absolute Gasteiger partial charge is 0.331 e. The van der Waals surface area contributed by atoms with Gasteiger partial charge in [-0.25, -0.2) is 4.79 Å². The van der Waals surface area contributed by atoms with Crippen molar-refractivity contribution in [2.24, 2.45) is 0 Å². The number of carbonyl (C=O) groups excluding carboxylic acids is 1. The molecule has 0 unspecified atom stereocenters. The monoisotopic (exact) mass is 359 g/mol. The number of pyridine rings is 1. The number of aromatic nitrogens is 1. The molecule has 0 spiro atoms. The fourth-order valence-electron chi connectivity index (χ4n) is 2.37. The Bertz CT molecular complexity index is 885. The van der Waals surface area contributed by atoms with Crippen LogP contribution in [0.3, 0.4) is 0 Å². The first-order valence-corrected chi connectivity index (χ1v) is 8.72. The fraction of sp³-hybridized carbons (Fsp3) is 0.130. The number of esters is 1. The van der Waals surface area contributed by atoms with E-state index in [1.165, 1.54) is 11.6 Å². The van der Waals surface area contributed by atoms with Gasteiger partial charge in [-0.3, -0.25) is 4.98 Å². The molecule has 1 aromatic heterocycles. The number of ether oxygens (including phenoxy) is 2. The van der Waals surface area contributed by atoms with Crippen LogP contribution in [0.25, 0.3) is 6.08 Å². The lowest BCUT2D eigenvalue weighted by molar-refractivity contribution is -0.138. The second kappa shape index (κ2) is 9.34. The Balaban J connectivity index is 1.45. The van der Waals surface area contributed by atoms with Gasteiger partial charge in [0.1, 0.15) is 19.0 Å². The number of nitrogens with zero attached hydrogens (tertiary/aromatic N) is 1. The third kappa shape index (κ3) is 6.12. The average Bonchev–Trinajstić information content (AvgIpc) is 2.72. The molecule has 0 saturated carbocycles. The van der Waals surface area contributed by atoms with Crippen LogP contribution in [-0.4, -0.2) is 11.0 Å². The highest BCUT2D eigenvalue weighted by molar-refractivity contribution is 5.87. The molecule has 0 saturated heterocycles. The first kappa shape index (κ1) is 18.4. The van der Waals surface area contributed by atoms with Crippen LogP contribution in [0.5, 0.6) is 5.75 Å². The number of carbonyl (C=O) groups is 1. The molecule has 1 heterocycles. The van der Waals surface area contributed by atoms with E-state index in [-0.39, 0.29) is 12.6 Å². The molecule has 3 rings (SSSR count). The molecule has 3 aromatic rings. The summed E-state index contributed by atoms with van der Waals surface area (Å²) in [6.07, 6.45) is 4.93. The molecule has 0 N–H and O–H groups in total. The van der Waals surface area contributed by atoms with Gasteiger partial charge in [-0.1, -0.05) is 48.0 Å². The molecule has 0 aliphatic rings. The number of rotatable bonds is 7. The summed E-state index contributed by atoms with van der Waals surface area (Å²) in [5, 5.41) is 0. The molecule has 0 aliphatic heterocycles. The van der Waals surface area contributed by atoms with Crippen LogP contribution < -0.4 is 4.74 Å². The summed E-state index contributed by atoms with van der Waals surface area (Å²) in [6, 6.07) is 21.1. The van der Waals surface area contributed by atoms with Crippen molar-refractivity contribution in [1.82, 2.24) is 4.98 Å². The molecule has 0 aliphatic carbocycles. The minimum Gasteiger partial charge on any atom is -0.487 e. The van der Waals surface area contributed by atoms with E-state index in [1.807, 2.05) is 73.7 Å². The van der Waals surface area contributed by atoms with Crippen LogP contribution in [0.2, 0.25) is 0 Å². The Morgan fingerprint density at radius 2 is 1.74 bits per heavy atom. The number of aryl methyl sites for hydroxylation is 1. The van der Waals surface area contributed by atoms with Crippen LogP contribution in [0.4, 0.5) is 0 Å². The van der Waals surface area contributed by atoms with E-state index >= 15 is 0 Å². The number of hydrogen-bond acceptors (Lipinski definition) is 4. The maximum atomic E-state index is 11.8. The highest BCUT2D eigenvalue weighted by Crippen LogP contribution is 2.14. The van der Waals surface area contributed by atoms with Crippen molar-refractivity contribution >= 4 is 12.0 Å². The number of benzene rings is 2. The Hall–Kier alpha value is -3.40. The summed E-state index contributed by atoms with van der Waals surface area (Å²) in [6.45, 7) is 2.66. The van der Waals surface area contributed by atoms with Crippen molar-refractivity contribution in [3.05, 3.63) is 101 Å². The van der Waals surface area contributed by atoms with Crippen LogP contribution in [-0.2, 0) is 22.7 Å². The van der Waals surface area contributed by atoms with E-state index < -0.39 is 0 Å². The molecule has 27 heavy (non-hydrogen) atoms. The summed E-state index contributed by atoms with van der Waals surface area (Å²) >= 11 is 0. The van der Waals surface area contributed by atoms with Crippen molar-refractivity contribution in [1.29, 1.82) is 0 Å². The van der Waals surface area contributed by atoms with Crippen molar-refractivity contribution in [2.45, 2.75) is 20.1 Å². The summed E-state index contributed by atoms with van der Waals surface area (Å²) in [4.78, 5) is 16.1. The summed E-state index contributed by atoms with van der Waals surface area (Å²) in [5.41, 5.74) is 3.92. The van der Waals surface area contributed by atoms with Crippen LogP contribution in [0.15, 0.2) is 79.0 Å². The predicted octanol–water partition coefficient (Wildman–Crippen LogP) is 4.73. The Morgan fingerprint density at radius 1 is 0.963 bits per heavy atom. The quantitative estimate of drug-likeness (QED) is 0.452. The highest BCUT2D eigenvalue weighted by atomic mass is 16.5. The molecular formula is C23H21NO3. The molecule has 0 radical (unpaired) electrons. The van der Waals surface area contributed by atoms with Gasteiger partial charge in [0, 0.05) is 12.3 Å². The average molecular weight is 359 g/mol. The summed E-state index contributed by atoms with van der Waals surface area (Å²) in [7, 11) is 0. The van der Waals surface area contributed by atoms with E-state index in [4.69, 9.17) is 9.47 Å². The highest BCUT2D eigenvalue weighted by Gasteiger charge is 2.01. The second-order valence-electron chi connectivity index (χ2n) is 6.11. The second-order valence-corrected chi connectivity index (χ2v) is 6.11. The molecule has 2 aromatic carbocycles. The maximum Gasteiger partial charge on any atom is 0.331 e. The normalized spacial score (nSPS) is 10.7. The first-order chi connectivity index (χ1) is 13.2. The largest absolute Gasteiger partial charge is 0.487 e. The zero-order valence-corrected chi connectivity index (χ0v) is 15.2. The van der Waals surface area contributed by atoms with Crippen molar-refractivity contribution in [2.75, 3.05) is 0 Å². The first-order valence-electron chi connectivity index (χ1n) is 8.72. The summed E-state index contributed by atoms with van der Waals surface area (Å²) < 4.78 is 11.0. The molecular weight excluding hydrogens is 338 g/mol. The minimum absolute atomic E-state index is 0.220. The fourth-order valence-corrected chi connectivity index (χ4v) is 2.37. The lowest BCUT2D eigenvalue weighted by atomic mass is 10.1. The Labute approximate surface area is 159 Å². The molecule has 136 valence electrons. The lowest BCUT2D eigenvalue weighted by Crippen LogP contribution is -2.01. The maximum absolute atomic E-state index is 11.8. The van der Waals surface area contributed by atoms with E-state index in [0.717, 1.165) is 22.6 Å². The van der Waals surface area contributed by atoms with E-state index in [1.54, 1.807) is 12.3 Å². The van der Waals surface area contributed by atoms with Crippen molar-refractivity contribution in [3.8, 4) is 5.75 Å². The molecule has 4 heteroatoms. The topological polar surface area (TPSA) is 48.4 Å². The molecule has 0 atom stereocenters. The minimum atomic E-state index is -0.369. The van der Waals surface area contributed by atoms with Crippen molar-refractivity contribution < 1.29 is 14.3 Å². The molecule has 4 nitrogen and oxygen atoms in total. The van der Waals surface area contributed by atoms with E-state index in [2.05, 4.69) is 4.98 Å². The van der Waals surface area contributed by atoms with Crippen LogP contribution in [0, 0.1) is 6.92 Å². The standard InChI is InChI=1S/C23H21NO3/c1-18-5-7-19(8-6-18)11-14-23(25)27-16-20-9-12-22(13-10-20)26-17-21-4-2-3-15-24-21/h2-15H,16-17H2,1H3/b14-11+. The van der Waals surface area contributed by atoms with Gasteiger partial charge in [0.15, 0.2) is 0 Å². The lowest BCUT2D eigenvalue weighted by Gasteiger charge is -2.07. The zero-order chi connectivity index (χ0) is 18.9. The van der Waals surface area contributed by atoms with Gasteiger partial charge < -0.3 is 9.47 Å². The third-order valence-corrected chi connectivity index (χ3v) is 3.91. The Kier molecular flexibility index (Phi) is 6.36. The van der Waals surface area contributed by atoms with Gasteiger partial charge in [-0.05, 0) is 48.4 Å². The van der Waals surface area contributed by atoms with Gasteiger partial charge in [-0.15, -0.1) is 0 Å². The van der Waals surface area contributed by atoms with E-state index in [9.17, 15) is 4.79 Å². The van der Waals surface area contributed by atoms with Crippen LogP contribution >= 0.6 is 0 Å². The van der Waals surface area contributed by atoms with Gasteiger partial charge in [-0.2, -0.15) is 0 Å². The van der Waals surface area contributed by atoms with Crippen molar-refractivity contribution in [3.63, 3.8) is 0 Å². The molecule has 0 amide bonds. The van der Waals surface area contributed by atoms with Gasteiger partial charge in [0.25, 0.3) is 0 Å². The molecule has 0 bridgehead atoms. The third-order valence-electron chi connectivity index (χ3n) is 3.91. The zero-order valence-electron chi connectivity index (χ0n) is 15.2.